The minimum absolute atomic E-state index is 0.0756. The number of halogens is 2. The lowest BCUT2D eigenvalue weighted by molar-refractivity contribution is 0.123. The van der Waals surface area contributed by atoms with E-state index in [1.807, 2.05) is 0 Å². The summed E-state index contributed by atoms with van der Waals surface area (Å²) < 4.78 is 43.1. The summed E-state index contributed by atoms with van der Waals surface area (Å²) in [5.41, 5.74) is 0. The van der Waals surface area contributed by atoms with Gasteiger partial charge in [0.25, 0.3) is 0 Å². The molecular weight excluding hydrogens is 229 g/mol. The molecule has 0 aromatic heterocycles. The zero-order chi connectivity index (χ0) is 11.6. The highest BCUT2D eigenvalue weighted by Gasteiger charge is 2.22. The minimum Gasteiger partial charge on any atom is -0.285 e. The Labute approximate surface area is 88.2 Å². The maximum absolute atomic E-state index is 11.6. The largest absolute Gasteiger partial charge is 0.502 e. The first-order chi connectivity index (χ1) is 7.12. The van der Waals surface area contributed by atoms with Crippen LogP contribution in [-0.2, 0) is 18.5 Å². The van der Waals surface area contributed by atoms with Gasteiger partial charge in [0, 0.05) is 0 Å². The van der Waals surface area contributed by atoms with E-state index >= 15 is 0 Å². The second-order valence-electron chi connectivity index (χ2n) is 2.91. The summed E-state index contributed by atoms with van der Waals surface area (Å²) in [6, 6.07) is 0. The molecule has 0 unspecified atom stereocenters. The molecular formula is C8H16F2O4P. The van der Waals surface area contributed by atoms with Crippen molar-refractivity contribution in [2.24, 2.45) is 0 Å². The Hall–Kier alpha value is -0.0300. The Morgan fingerprint density at radius 1 is 0.867 bits per heavy atom. The predicted molar refractivity (Wildman–Crippen MR) is 50.6 cm³/mol. The van der Waals surface area contributed by atoms with E-state index < -0.39 is 21.2 Å². The van der Waals surface area contributed by atoms with Gasteiger partial charge in [0.2, 0.25) is 0 Å². The quantitative estimate of drug-likeness (QED) is 0.439. The van der Waals surface area contributed by atoms with E-state index in [0.29, 0.717) is 12.8 Å². The Bertz CT molecular complexity index is 175. The molecule has 0 rings (SSSR count). The third kappa shape index (κ3) is 10.3. The normalized spacial score (nSPS) is 11.9. The molecule has 15 heavy (non-hydrogen) atoms. The maximum atomic E-state index is 11.6. The number of rotatable bonds is 10. The first kappa shape index (κ1) is 15.0. The van der Waals surface area contributed by atoms with Crippen LogP contribution in [0.5, 0.6) is 0 Å². The van der Waals surface area contributed by atoms with E-state index in [2.05, 4.69) is 9.05 Å². The van der Waals surface area contributed by atoms with Crippen LogP contribution in [0.25, 0.3) is 0 Å². The summed E-state index contributed by atoms with van der Waals surface area (Å²) in [6.45, 7) is -1.14. The molecule has 91 valence electrons. The van der Waals surface area contributed by atoms with Gasteiger partial charge in [-0.2, -0.15) is 0 Å². The van der Waals surface area contributed by atoms with E-state index in [0.717, 1.165) is 0 Å². The van der Waals surface area contributed by atoms with Crippen molar-refractivity contribution in [2.45, 2.75) is 25.7 Å². The molecule has 0 spiro atoms. The van der Waals surface area contributed by atoms with Crippen LogP contribution in [0.2, 0.25) is 0 Å². The van der Waals surface area contributed by atoms with Gasteiger partial charge >= 0.3 is 7.82 Å². The Morgan fingerprint density at radius 2 is 1.27 bits per heavy atom. The predicted octanol–water partition coefficient (Wildman–Crippen LogP) is 3.06. The molecule has 0 aliphatic carbocycles. The smallest absolute Gasteiger partial charge is 0.285 e. The molecule has 0 saturated heterocycles. The van der Waals surface area contributed by atoms with E-state index in [1.54, 1.807) is 0 Å². The zero-order valence-corrected chi connectivity index (χ0v) is 9.39. The molecule has 0 heterocycles. The molecule has 7 heteroatoms. The number of unbranched alkanes of at least 4 members (excludes halogenated alkanes) is 2. The molecule has 0 fully saturated rings. The zero-order valence-electron chi connectivity index (χ0n) is 8.49. The SMILES string of the molecule is [O]P(=O)(OCCCCF)OCCCCF. The van der Waals surface area contributed by atoms with Gasteiger partial charge in [-0.3, -0.25) is 17.8 Å². The first-order valence-electron chi connectivity index (χ1n) is 4.84. The molecule has 0 aromatic rings. The van der Waals surface area contributed by atoms with Gasteiger partial charge in [0.15, 0.2) is 0 Å². The third-order valence-electron chi connectivity index (χ3n) is 1.55. The standard InChI is InChI=1S/C8H16F2O4P/c9-5-1-3-7-13-15(11,12)14-8-4-2-6-10/h1-8H2. The summed E-state index contributed by atoms with van der Waals surface area (Å²) >= 11 is 0. The maximum Gasteiger partial charge on any atom is 0.502 e. The van der Waals surface area contributed by atoms with Crippen molar-refractivity contribution in [1.82, 2.24) is 0 Å². The molecule has 0 saturated carbocycles. The average molecular weight is 245 g/mol. The van der Waals surface area contributed by atoms with E-state index in [4.69, 9.17) is 0 Å². The lowest BCUT2D eigenvalue weighted by atomic mass is 10.4. The molecule has 0 aliphatic heterocycles. The van der Waals surface area contributed by atoms with Gasteiger partial charge in [0.05, 0.1) is 26.6 Å². The summed E-state index contributed by atoms with van der Waals surface area (Å²) in [6.07, 6.45) is 1.19. The number of hydrogen-bond donors (Lipinski definition) is 0. The highest BCUT2D eigenvalue weighted by Crippen LogP contribution is 2.44. The fourth-order valence-corrected chi connectivity index (χ4v) is 1.56. The van der Waals surface area contributed by atoms with Crippen molar-refractivity contribution in [1.29, 1.82) is 0 Å². The molecule has 0 bridgehead atoms. The topological polar surface area (TPSA) is 55.4 Å². The number of hydrogen-bond acceptors (Lipinski definition) is 3. The van der Waals surface area contributed by atoms with Crippen LogP contribution < -0.4 is 0 Å². The second kappa shape index (κ2) is 9.21. The fourth-order valence-electron chi connectivity index (χ4n) is 0.783. The van der Waals surface area contributed by atoms with Crippen molar-refractivity contribution in [3.05, 3.63) is 0 Å². The molecule has 0 atom stereocenters. The van der Waals surface area contributed by atoms with Crippen molar-refractivity contribution in [3.8, 4) is 0 Å². The number of alkyl halides is 2. The highest BCUT2D eigenvalue weighted by atomic mass is 31.2. The van der Waals surface area contributed by atoms with E-state index in [9.17, 15) is 18.2 Å². The molecule has 1 radical (unpaired) electrons. The Balaban J connectivity index is 3.45. The lowest BCUT2D eigenvalue weighted by Gasteiger charge is -2.09. The van der Waals surface area contributed by atoms with Gasteiger partial charge in [-0.25, -0.2) is 4.57 Å². The fraction of sp³-hybridized carbons (Fsp3) is 1.00. The van der Waals surface area contributed by atoms with Gasteiger partial charge < -0.3 is 0 Å². The summed E-state index contributed by atoms with van der Waals surface area (Å²) in [4.78, 5) is 11.0. The highest BCUT2D eigenvalue weighted by molar-refractivity contribution is 7.47. The Morgan fingerprint density at radius 3 is 1.60 bits per heavy atom. The molecule has 4 nitrogen and oxygen atoms in total. The van der Waals surface area contributed by atoms with Crippen LogP contribution in [0, 0.1) is 0 Å². The average Bonchev–Trinajstić information content (AvgIpc) is 2.20. The van der Waals surface area contributed by atoms with Gasteiger partial charge in [-0.1, -0.05) is 0 Å². The summed E-state index contributed by atoms with van der Waals surface area (Å²) in [5.74, 6) is 0. The van der Waals surface area contributed by atoms with Crippen LogP contribution in [0.3, 0.4) is 0 Å². The second-order valence-corrected chi connectivity index (χ2v) is 4.32. The summed E-state index contributed by atoms with van der Waals surface area (Å²) in [5, 5.41) is 0. The summed E-state index contributed by atoms with van der Waals surface area (Å²) in [7, 11) is -4.27. The molecule has 0 aromatic carbocycles. The molecule has 0 amide bonds. The van der Waals surface area contributed by atoms with Gasteiger partial charge in [-0.05, 0) is 25.7 Å². The van der Waals surface area contributed by atoms with E-state index in [-0.39, 0.29) is 26.1 Å². The van der Waals surface area contributed by atoms with Crippen LogP contribution in [-0.4, -0.2) is 26.6 Å². The minimum atomic E-state index is -4.27. The van der Waals surface area contributed by atoms with Crippen LogP contribution in [0.15, 0.2) is 0 Å². The molecule has 0 N–H and O–H groups in total. The van der Waals surface area contributed by atoms with Crippen LogP contribution >= 0.6 is 7.82 Å². The molecule has 0 aliphatic rings. The van der Waals surface area contributed by atoms with Crippen molar-refractivity contribution in [3.63, 3.8) is 0 Å². The Kier molecular flexibility index (Phi) is 9.20. The third-order valence-corrected chi connectivity index (χ3v) is 2.55. The lowest BCUT2D eigenvalue weighted by Crippen LogP contribution is -1.98. The van der Waals surface area contributed by atoms with Gasteiger partial charge in [-0.15, -0.1) is 4.89 Å². The monoisotopic (exact) mass is 245 g/mol. The van der Waals surface area contributed by atoms with Crippen LogP contribution in [0.4, 0.5) is 8.78 Å². The van der Waals surface area contributed by atoms with Crippen LogP contribution in [0.1, 0.15) is 25.7 Å². The van der Waals surface area contributed by atoms with Crippen molar-refractivity contribution >= 4 is 7.82 Å². The first-order valence-corrected chi connectivity index (χ1v) is 6.30. The van der Waals surface area contributed by atoms with E-state index in [1.165, 1.54) is 0 Å². The van der Waals surface area contributed by atoms with Crippen molar-refractivity contribution < 1.29 is 27.3 Å². The van der Waals surface area contributed by atoms with Gasteiger partial charge in [0.1, 0.15) is 0 Å². The van der Waals surface area contributed by atoms with Crippen molar-refractivity contribution in [2.75, 3.05) is 26.6 Å².